The Kier molecular flexibility index (Phi) is 5.61. The molecule has 0 heterocycles. The number of hydrazine groups is 1. The molecule has 0 radical (unpaired) electrons. The number of amides is 2. The molecule has 0 saturated carbocycles. The first kappa shape index (κ1) is 16.1. The number of hydrogen-bond acceptors (Lipinski definition) is 3. The van der Waals surface area contributed by atoms with Gasteiger partial charge in [-0.3, -0.25) is 20.4 Å². The molecule has 0 fully saturated rings. The molecule has 0 atom stereocenters. The lowest BCUT2D eigenvalue weighted by atomic mass is 10.1. The van der Waals surface area contributed by atoms with Gasteiger partial charge in [-0.05, 0) is 54.6 Å². The van der Waals surface area contributed by atoms with E-state index in [1.165, 1.54) is 0 Å². The van der Waals surface area contributed by atoms with Gasteiger partial charge < -0.3 is 0 Å². The number of carbonyl (C=O) groups is 2. The van der Waals surface area contributed by atoms with Crippen molar-refractivity contribution >= 4 is 23.6 Å². The summed E-state index contributed by atoms with van der Waals surface area (Å²) in [5.74, 6) is -0.678. The van der Waals surface area contributed by atoms with Gasteiger partial charge in [-0.2, -0.15) is 0 Å². The molecule has 114 valence electrons. The second kappa shape index (κ2) is 7.66. The summed E-state index contributed by atoms with van der Waals surface area (Å²) in [6.07, 6.45) is 2.89. The van der Waals surface area contributed by atoms with Crippen LogP contribution in [-0.4, -0.2) is 18.1 Å². The van der Waals surface area contributed by atoms with E-state index in [-0.39, 0.29) is 11.8 Å². The molecule has 5 heteroatoms. The summed E-state index contributed by atoms with van der Waals surface area (Å²) in [4.78, 5) is 25.0. The minimum Gasteiger partial charge on any atom is -0.267 e. The number of rotatable bonds is 4. The zero-order valence-corrected chi connectivity index (χ0v) is 13.4. The first-order chi connectivity index (χ1) is 10.6. The third-order valence-corrected chi connectivity index (χ3v) is 4.01. The van der Waals surface area contributed by atoms with Crippen molar-refractivity contribution in [3.63, 3.8) is 0 Å². The molecule has 0 aliphatic rings. The summed E-state index contributed by atoms with van der Waals surface area (Å²) in [5.41, 5.74) is 7.01. The van der Waals surface area contributed by atoms with Gasteiger partial charge in [-0.15, -0.1) is 11.8 Å². The van der Waals surface area contributed by atoms with Gasteiger partial charge in [-0.1, -0.05) is 19.1 Å². The average Bonchev–Trinajstić information content (AvgIpc) is 2.59. The number of hydrogen-bond donors (Lipinski definition) is 2. The van der Waals surface area contributed by atoms with Crippen LogP contribution in [0.15, 0.2) is 53.4 Å². The van der Waals surface area contributed by atoms with Crippen molar-refractivity contribution in [1.82, 2.24) is 10.9 Å². The standard InChI is InChI=1S/C17H18N2O2S/c1-3-12-4-6-13(7-5-12)16(20)18-19-17(21)14-8-10-15(22-2)11-9-14/h4-11H,3H2,1-2H3,(H,18,20)(H,19,21). The quantitative estimate of drug-likeness (QED) is 0.673. The minimum atomic E-state index is -0.341. The van der Waals surface area contributed by atoms with E-state index in [1.807, 2.05) is 30.5 Å². The van der Waals surface area contributed by atoms with E-state index >= 15 is 0 Å². The molecule has 2 N–H and O–H groups in total. The lowest BCUT2D eigenvalue weighted by Crippen LogP contribution is -2.41. The summed E-state index contributed by atoms with van der Waals surface area (Å²) in [6.45, 7) is 2.05. The largest absolute Gasteiger partial charge is 0.269 e. The highest BCUT2D eigenvalue weighted by atomic mass is 32.2. The second-order valence-corrected chi connectivity index (χ2v) is 5.57. The molecular weight excluding hydrogens is 296 g/mol. The molecule has 0 spiro atoms. The van der Waals surface area contributed by atoms with Crippen molar-refractivity contribution < 1.29 is 9.59 Å². The van der Waals surface area contributed by atoms with Crippen molar-refractivity contribution in [3.8, 4) is 0 Å². The molecule has 0 aliphatic carbocycles. The first-order valence-corrected chi connectivity index (χ1v) is 8.20. The van der Waals surface area contributed by atoms with Gasteiger partial charge in [0.2, 0.25) is 0 Å². The average molecular weight is 314 g/mol. The van der Waals surface area contributed by atoms with Gasteiger partial charge in [0.1, 0.15) is 0 Å². The summed E-state index contributed by atoms with van der Waals surface area (Å²) in [5, 5.41) is 0. The molecule has 0 bridgehead atoms. The highest BCUT2D eigenvalue weighted by molar-refractivity contribution is 7.98. The van der Waals surface area contributed by atoms with E-state index in [0.29, 0.717) is 11.1 Å². The van der Waals surface area contributed by atoms with Gasteiger partial charge >= 0.3 is 0 Å². The Bertz CT molecular complexity index is 592. The van der Waals surface area contributed by atoms with Crippen LogP contribution in [0.3, 0.4) is 0 Å². The number of aryl methyl sites for hydroxylation is 1. The molecule has 0 aliphatic heterocycles. The molecule has 22 heavy (non-hydrogen) atoms. The first-order valence-electron chi connectivity index (χ1n) is 6.97. The van der Waals surface area contributed by atoms with E-state index in [4.69, 9.17) is 0 Å². The molecule has 0 unspecified atom stereocenters. The van der Waals surface area contributed by atoms with Gasteiger partial charge in [0.15, 0.2) is 0 Å². The Morgan fingerprint density at radius 1 is 0.864 bits per heavy atom. The third-order valence-electron chi connectivity index (χ3n) is 3.27. The zero-order chi connectivity index (χ0) is 15.9. The minimum absolute atomic E-state index is 0.336. The molecule has 2 aromatic rings. The van der Waals surface area contributed by atoms with Gasteiger partial charge in [0, 0.05) is 16.0 Å². The molecule has 0 saturated heterocycles. The van der Waals surface area contributed by atoms with Gasteiger partial charge in [-0.25, -0.2) is 0 Å². The maximum absolute atomic E-state index is 12.0. The van der Waals surface area contributed by atoms with Crippen LogP contribution in [0.4, 0.5) is 0 Å². The van der Waals surface area contributed by atoms with E-state index in [1.54, 1.807) is 36.0 Å². The predicted molar refractivity (Wildman–Crippen MR) is 89.0 cm³/mol. The Labute approximate surface area is 134 Å². The Morgan fingerprint density at radius 2 is 1.32 bits per heavy atom. The highest BCUT2D eigenvalue weighted by Crippen LogP contribution is 2.14. The number of carbonyl (C=O) groups excluding carboxylic acids is 2. The Hall–Kier alpha value is -2.27. The van der Waals surface area contributed by atoms with Crippen LogP contribution >= 0.6 is 11.8 Å². The van der Waals surface area contributed by atoms with Crippen LogP contribution in [-0.2, 0) is 6.42 Å². The lowest BCUT2D eigenvalue weighted by Gasteiger charge is -2.08. The Balaban J connectivity index is 1.92. The summed E-state index contributed by atoms with van der Waals surface area (Å²) in [7, 11) is 0. The van der Waals surface area contributed by atoms with E-state index in [2.05, 4.69) is 17.8 Å². The van der Waals surface area contributed by atoms with Crippen LogP contribution in [0, 0.1) is 0 Å². The topological polar surface area (TPSA) is 58.2 Å². The van der Waals surface area contributed by atoms with Crippen molar-refractivity contribution in [2.45, 2.75) is 18.2 Å². The maximum atomic E-state index is 12.0. The van der Waals surface area contributed by atoms with Crippen molar-refractivity contribution in [2.24, 2.45) is 0 Å². The molecule has 4 nitrogen and oxygen atoms in total. The van der Waals surface area contributed by atoms with E-state index in [0.717, 1.165) is 16.9 Å². The van der Waals surface area contributed by atoms with Crippen LogP contribution in [0.2, 0.25) is 0 Å². The normalized spacial score (nSPS) is 10.1. The van der Waals surface area contributed by atoms with Crippen molar-refractivity contribution in [3.05, 3.63) is 65.2 Å². The molecule has 0 aromatic heterocycles. The van der Waals surface area contributed by atoms with Crippen LogP contribution in [0.25, 0.3) is 0 Å². The van der Waals surface area contributed by atoms with Crippen molar-refractivity contribution in [2.75, 3.05) is 6.26 Å². The Morgan fingerprint density at radius 3 is 1.73 bits per heavy atom. The summed E-state index contributed by atoms with van der Waals surface area (Å²) in [6, 6.07) is 14.5. The van der Waals surface area contributed by atoms with Crippen LogP contribution in [0.5, 0.6) is 0 Å². The second-order valence-electron chi connectivity index (χ2n) is 4.69. The summed E-state index contributed by atoms with van der Waals surface area (Å²) < 4.78 is 0. The number of benzene rings is 2. The maximum Gasteiger partial charge on any atom is 0.269 e. The lowest BCUT2D eigenvalue weighted by molar-refractivity contribution is 0.0846. The summed E-state index contributed by atoms with van der Waals surface area (Å²) >= 11 is 1.61. The van der Waals surface area contributed by atoms with Gasteiger partial charge in [0.05, 0.1) is 0 Å². The fraction of sp³-hybridized carbons (Fsp3) is 0.176. The fourth-order valence-electron chi connectivity index (χ4n) is 1.89. The molecule has 2 rings (SSSR count). The van der Waals surface area contributed by atoms with Crippen LogP contribution in [0.1, 0.15) is 33.2 Å². The fourth-order valence-corrected chi connectivity index (χ4v) is 2.30. The number of nitrogens with one attached hydrogen (secondary N) is 2. The monoisotopic (exact) mass is 314 g/mol. The SMILES string of the molecule is CCc1ccc(C(=O)NNC(=O)c2ccc(SC)cc2)cc1. The van der Waals surface area contributed by atoms with Gasteiger partial charge in [0.25, 0.3) is 11.8 Å². The third kappa shape index (κ3) is 4.11. The highest BCUT2D eigenvalue weighted by Gasteiger charge is 2.09. The smallest absolute Gasteiger partial charge is 0.267 e. The van der Waals surface area contributed by atoms with E-state index in [9.17, 15) is 9.59 Å². The molecule has 2 aromatic carbocycles. The zero-order valence-electron chi connectivity index (χ0n) is 12.6. The predicted octanol–water partition coefficient (Wildman–Crippen LogP) is 3.05. The van der Waals surface area contributed by atoms with E-state index < -0.39 is 0 Å². The van der Waals surface area contributed by atoms with Crippen LogP contribution < -0.4 is 10.9 Å². The van der Waals surface area contributed by atoms with Crippen molar-refractivity contribution in [1.29, 1.82) is 0 Å². The molecular formula is C17H18N2O2S. The molecule has 2 amide bonds. The number of thioether (sulfide) groups is 1.